The van der Waals surface area contributed by atoms with Gasteiger partial charge in [0.25, 0.3) is 0 Å². The quantitative estimate of drug-likeness (QED) is 0.913. The molecular weight excluding hydrogens is 252 g/mol. The Hall–Kier alpha value is -0.380. The van der Waals surface area contributed by atoms with Gasteiger partial charge in [0.05, 0.1) is 6.04 Å². The third-order valence-electron chi connectivity index (χ3n) is 5.00. The van der Waals surface area contributed by atoms with E-state index in [2.05, 4.69) is 24.0 Å². The first-order valence-electron chi connectivity index (χ1n) is 7.81. The van der Waals surface area contributed by atoms with Crippen LogP contribution in [-0.2, 0) is 0 Å². The van der Waals surface area contributed by atoms with Gasteiger partial charge in [-0.15, -0.1) is 11.3 Å². The molecule has 1 unspecified atom stereocenters. The monoisotopic (exact) mass is 278 g/mol. The summed E-state index contributed by atoms with van der Waals surface area (Å²) in [6.07, 6.45) is 8.51. The highest BCUT2D eigenvalue weighted by molar-refractivity contribution is 7.12. The highest BCUT2D eigenvalue weighted by Gasteiger charge is 2.36. The number of nitrogens with two attached hydrogens (primary N) is 1. The molecule has 2 fully saturated rings. The molecule has 1 aromatic rings. The van der Waals surface area contributed by atoms with E-state index in [1.165, 1.54) is 54.8 Å². The number of thiophene rings is 1. The summed E-state index contributed by atoms with van der Waals surface area (Å²) in [4.78, 5) is 5.63. The fourth-order valence-electron chi connectivity index (χ4n) is 4.10. The number of hydrogen-bond donors (Lipinski definition) is 1. The van der Waals surface area contributed by atoms with E-state index < -0.39 is 0 Å². The summed E-state index contributed by atoms with van der Waals surface area (Å²) in [7, 11) is 0. The molecular formula is C16H26N2S. The lowest BCUT2D eigenvalue weighted by Crippen LogP contribution is -2.49. The fraction of sp³-hybridized carbons (Fsp3) is 0.750. The zero-order chi connectivity index (χ0) is 13.2. The van der Waals surface area contributed by atoms with Gasteiger partial charge in [-0.3, -0.25) is 4.90 Å². The number of nitrogens with zero attached hydrogens (tertiary/aromatic N) is 1. The van der Waals surface area contributed by atoms with E-state index >= 15 is 0 Å². The largest absolute Gasteiger partial charge is 0.329 e. The topological polar surface area (TPSA) is 29.3 Å². The van der Waals surface area contributed by atoms with Crippen LogP contribution >= 0.6 is 11.3 Å². The lowest BCUT2D eigenvalue weighted by molar-refractivity contribution is 0.0287. The molecule has 3 heteroatoms. The lowest BCUT2D eigenvalue weighted by atomic mass is 9.77. The molecule has 1 saturated heterocycles. The number of fused-ring (bicyclic) bond motifs is 1. The number of hydrogen-bond acceptors (Lipinski definition) is 3. The molecule has 106 valence electrons. The predicted octanol–water partition coefficient (Wildman–Crippen LogP) is 3.71. The molecule has 1 saturated carbocycles. The second-order valence-corrected chi connectivity index (χ2v) is 7.51. The Labute approximate surface area is 121 Å². The summed E-state index contributed by atoms with van der Waals surface area (Å²) in [6, 6.07) is 5.80. The van der Waals surface area contributed by atoms with Gasteiger partial charge in [0, 0.05) is 22.3 Å². The predicted molar refractivity (Wildman–Crippen MR) is 82.5 cm³/mol. The lowest BCUT2D eigenvalue weighted by Gasteiger charge is -2.47. The summed E-state index contributed by atoms with van der Waals surface area (Å²) in [5, 5.41) is 0. The molecule has 3 atom stereocenters. The van der Waals surface area contributed by atoms with Gasteiger partial charge in [-0.05, 0) is 57.2 Å². The summed E-state index contributed by atoms with van der Waals surface area (Å²) in [6.45, 7) is 4.21. The average molecular weight is 278 g/mol. The number of piperidine rings is 1. The molecule has 0 bridgehead atoms. The second-order valence-electron chi connectivity index (χ2n) is 6.19. The van der Waals surface area contributed by atoms with Crippen molar-refractivity contribution in [1.29, 1.82) is 0 Å². The highest BCUT2D eigenvalue weighted by atomic mass is 32.1. The third-order valence-corrected chi connectivity index (χ3v) is 6.10. The number of aryl methyl sites for hydroxylation is 1. The SMILES string of the molecule is Cc1ccc(C(CN)N2CCC[C@H]3CCCC[C@H]32)s1. The normalized spacial score (nSPS) is 30.0. The third kappa shape index (κ3) is 2.74. The molecule has 3 rings (SSSR count). The fourth-order valence-corrected chi connectivity index (χ4v) is 5.11. The van der Waals surface area contributed by atoms with Crippen molar-refractivity contribution in [3.63, 3.8) is 0 Å². The van der Waals surface area contributed by atoms with Gasteiger partial charge in [-0.25, -0.2) is 0 Å². The van der Waals surface area contributed by atoms with Crippen LogP contribution in [-0.4, -0.2) is 24.0 Å². The van der Waals surface area contributed by atoms with E-state index in [1.54, 1.807) is 0 Å². The van der Waals surface area contributed by atoms with Crippen LogP contribution in [0.15, 0.2) is 12.1 Å². The zero-order valence-corrected chi connectivity index (χ0v) is 12.8. The van der Waals surface area contributed by atoms with Crippen molar-refractivity contribution in [2.24, 2.45) is 11.7 Å². The van der Waals surface area contributed by atoms with Crippen LogP contribution in [0, 0.1) is 12.8 Å². The van der Waals surface area contributed by atoms with Gasteiger partial charge in [-0.1, -0.05) is 12.8 Å². The zero-order valence-electron chi connectivity index (χ0n) is 12.0. The minimum atomic E-state index is 0.463. The molecule has 2 heterocycles. The maximum Gasteiger partial charge on any atom is 0.0566 e. The Morgan fingerprint density at radius 2 is 2.05 bits per heavy atom. The van der Waals surface area contributed by atoms with E-state index in [0.717, 1.165) is 18.5 Å². The van der Waals surface area contributed by atoms with Crippen LogP contribution in [0.4, 0.5) is 0 Å². The first-order valence-corrected chi connectivity index (χ1v) is 8.63. The molecule has 2 nitrogen and oxygen atoms in total. The van der Waals surface area contributed by atoms with Gasteiger partial charge in [0.15, 0.2) is 0 Å². The molecule has 1 aliphatic carbocycles. The minimum Gasteiger partial charge on any atom is -0.329 e. The molecule has 1 aliphatic heterocycles. The molecule has 0 aromatic carbocycles. The van der Waals surface area contributed by atoms with Crippen molar-refractivity contribution in [3.8, 4) is 0 Å². The van der Waals surface area contributed by atoms with Crippen molar-refractivity contribution in [2.45, 2.75) is 57.5 Å². The second kappa shape index (κ2) is 5.94. The summed E-state index contributed by atoms with van der Waals surface area (Å²) in [5.74, 6) is 0.942. The average Bonchev–Trinajstić information content (AvgIpc) is 2.86. The van der Waals surface area contributed by atoms with Gasteiger partial charge >= 0.3 is 0 Å². The van der Waals surface area contributed by atoms with E-state index in [9.17, 15) is 0 Å². The first-order chi connectivity index (χ1) is 9.29. The Morgan fingerprint density at radius 1 is 1.26 bits per heavy atom. The molecule has 0 amide bonds. The summed E-state index contributed by atoms with van der Waals surface area (Å²) < 4.78 is 0. The number of likely N-dealkylation sites (tertiary alicyclic amines) is 1. The smallest absolute Gasteiger partial charge is 0.0566 e. The standard InChI is InChI=1S/C16H26N2S/c1-12-8-9-16(19-12)15(11-17)18-10-4-6-13-5-2-3-7-14(13)18/h8-9,13-15H,2-7,10-11,17H2,1H3/t13-,14-,15?/m1/s1. The highest BCUT2D eigenvalue weighted by Crippen LogP contribution is 2.40. The van der Waals surface area contributed by atoms with Gasteiger partial charge in [0.2, 0.25) is 0 Å². The Bertz CT molecular complexity index is 413. The molecule has 2 aliphatic rings. The number of rotatable bonds is 3. The molecule has 2 N–H and O–H groups in total. The van der Waals surface area contributed by atoms with E-state index in [1.807, 2.05) is 11.3 Å². The Morgan fingerprint density at radius 3 is 2.79 bits per heavy atom. The molecule has 1 aromatic heterocycles. The minimum absolute atomic E-state index is 0.463. The molecule has 19 heavy (non-hydrogen) atoms. The first kappa shape index (κ1) is 13.6. The van der Waals surface area contributed by atoms with Crippen LogP contribution in [0.5, 0.6) is 0 Å². The van der Waals surface area contributed by atoms with Crippen molar-refractivity contribution >= 4 is 11.3 Å². The van der Waals surface area contributed by atoms with Gasteiger partial charge < -0.3 is 5.73 Å². The maximum atomic E-state index is 6.13. The van der Waals surface area contributed by atoms with Crippen LogP contribution in [0.1, 0.15) is 54.3 Å². The van der Waals surface area contributed by atoms with Crippen LogP contribution in [0.2, 0.25) is 0 Å². The van der Waals surface area contributed by atoms with E-state index in [-0.39, 0.29) is 0 Å². The van der Waals surface area contributed by atoms with Crippen LogP contribution < -0.4 is 5.73 Å². The van der Waals surface area contributed by atoms with Crippen molar-refractivity contribution in [3.05, 3.63) is 21.9 Å². The Kier molecular flexibility index (Phi) is 4.25. The maximum absolute atomic E-state index is 6.13. The summed E-state index contributed by atoms with van der Waals surface area (Å²) >= 11 is 1.93. The van der Waals surface area contributed by atoms with E-state index in [0.29, 0.717) is 6.04 Å². The van der Waals surface area contributed by atoms with Crippen LogP contribution in [0.25, 0.3) is 0 Å². The van der Waals surface area contributed by atoms with Gasteiger partial charge in [-0.2, -0.15) is 0 Å². The van der Waals surface area contributed by atoms with E-state index in [4.69, 9.17) is 5.73 Å². The van der Waals surface area contributed by atoms with Crippen LogP contribution in [0.3, 0.4) is 0 Å². The van der Waals surface area contributed by atoms with Crippen molar-refractivity contribution < 1.29 is 0 Å². The molecule has 0 radical (unpaired) electrons. The van der Waals surface area contributed by atoms with Crippen molar-refractivity contribution in [1.82, 2.24) is 4.90 Å². The molecule has 0 spiro atoms. The summed E-state index contributed by atoms with van der Waals surface area (Å²) in [5.41, 5.74) is 6.13. The Balaban J connectivity index is 1.81. The van der Waals surface area contributed by atoms with Crippen molar-refractivity contribution in [2.75, 3.05) is 13.1 Å². The van der Waals surface area contributed by atoms with Gasteiger partial charge in [0.1, 0.15) is 0 Å².